The monoisotopic (exact) mass is 396 g/mol. The van der Waals surface area contributed by atoms with Crippen LogP contribution in [0, 0.1) is 0 Å². The zero-order valence-corrected chi connectivity index (χ0v) is 16.3. The first-order valence-electron chi connectivity index (χ1n) is 8.77. The highest BCUT2D eigenvalue weighted by Crippen LogP contribution is 2.25. The van der Waals surface area contributed by atoms with Gasteiger partial charge in [0.15, 0.2) is 11.7 Å². The number of thiocarbonyl (C=S) groups is 1. The quantitative estimate of drug-likeness (QED) is 0.574. The third-order valence-corrected chi connectivity index (χ3v) is 4.53. The predicted molar refractivity (Wildman–Crippen MR) is 111 cm³/mol. The summed E-state index contributed by atoms with van der Waals surface area (Å²) in [6.45, 7) is 3.82. The van der Waals surface area contributed by atoms with Crippen molar-refractivity contribution >= 4 is 41.0 Å². The van der Waals surface area contributed by atoms with Crippen molar-refractivity contribution in [2.45, 2.75) is 19.8 Å². The number of hydrogen-bond donors (Lipinski definition) is 2. The summed E-state index contributed by atoms with van der Waals surface area (Å²) in [4.78, 5) is 24.8. The van der Waals surface area contributed by atoms with Gasteiger partial charge in [0.1, 0.15) is 11.4 Å². The number of nitrogens with zero attached hydrogens (tertiary/aromatic N) is 1. The summed E-state index contributed by atoms with van der Waals surface area (Å²) in [6.07, 6.45) is 1.69. The van der Waals surface area contributed by atoms with Crippen molar-refractivity contribution in [2.75, 3.05) is 11.5 Å². The number of ether oxygens (including phenoxy) is 1. The fourth-order valence-corrected chi connectivity index (χ4v) is 3.05. The highest BCUT2D eigenvalue weighted by Gasteiger charge is 2.31. The molecule has 0 atom stereocenters. The Balaban J connectivity index is 1.76. The zero-order valence-electron chi connectivity index (χ0n) is 15.5. The predicted octanol–water partition coefficient (Wildman–Crippen LogP) is 3.54. The van der Waals surface area contributed by atoms with Crippen LogP contribution in [0.15, 0.2) is 54.2 Å². The second kappa shape index (κ2) is 8.22. The number of rotatable bonds is 6. The molecule has 6 nitrogen and oxygen atoms in total. The highest BCUT2D eigenvalue weighted by atomic mass is 32.1. The molecular weight excluding hydrogens is 376 g/mol. The zero-order chi connectivity index (χ0) is 20.3. The van der Waals surface area contributed by atoms with Crippen LogP contribution in [0.1, 0.15) is 30.9 Å². The molecule has 2 aromatic rings. The molecule has 0 spiro atoms. The lowest BCUT2D eigenvalue weighted by Gasteiger charge is -2.15. The minimum atomic E-state index is -1.04. The summed E-state index contributed by atoms with van der Waals surface area (Å²) in [5.41, 5.74) is 3.04. The molecule has 0 aromatic heterocycles. The number of aliphatic carboxylic acids is 1. The molecule has 144 valence electrons. The van der Waals surface area contributed by atoms with Crippen LogP contribution in [0.2, 0.25) is 0 Å². The summed E-state index contributed by atoms with van der Waals surface area (Å²) in [5.74, 6) is -0.417. The molecule has 0 unspecified atom stereocenters. The standard InChI is InChI=1S/C21H20N2O4S/c1-13(2)15-5-7-16(8-6-15)23-20(26)18(22-21(23)28)11-14-3-9-17(10-4-14)27-12-19(24)25/h3-11,13H,12H2,1-2H3,(H,22,28)(H,24,25)/b18-11+. The van der Waals surface area contributed by atoms with E-state index in [1.54, 1.807) is 30.3 Å². The van der Waals surface area contributed by atoms with Crippen LogP contribution in [-0.4, -0.2) is 28.7 Å². The number of carbonyl (C=O) groups excluding carboxylic acids is 1. The molecule has 1 saturated heterocycles. The Labute approximate surface area is 168 Å². The normalized spacial score (nSPS) is 15.2. The number of hydrogen-bond acceptors (Lipinski definition) is 4. The van der Waals surface area contributed by atoms with Crippen LogP contribution < -0.4 is 15.0 Å². The second-order valence-corrected chi connectivity index (χ2v) is 7.01. The molecule has 1 aliphatic rings. The van der Waals surface area contributed by atoms with E-state index in [9.17, 15) is 9.59 Å². The molecule has 3 rings (SSSR count). The summed E-state index contributed by atoms with van der Waals surface area (Å²) >= 11 is 5.33. The van der Waals surface area contributed by atoms with Gasteiger partial charge in [-0.3, -0.25) is 9.69 Å². The van der Waals surface area contributed by atoms with Crippen molar-refractivity contribution < 1.29 is 19.4 Å². The van der Waals surface area contributed by atoms with E-state index in [0.29, 0.717) is 28.2 Å². The molecule has 0 bridgehead atoms. The SMILES string of the molecule is CC(C)c1ccc(N2C(=O)/C(=C\c3ccc(OCC(=O)O)cc3)NC2=S)cc1. The molecule has 1 amide bonds. The molecule has 0 aliphatic carbocycles. The Kier molecular flexibility index (Phi) is 5.75. The van der Waals surface area contributed by atoms with Crippen molar-refractivity contribution in [3.8, 4) is 5.75 Å². The van der Waals surface area contributed by atoms with Gasteiger partial charge in [0, 0.05) is 0 Å². The molecule has 0 radical (unpaired) electrons. The molecule has 1 heterocycles. The van der Waals surface area contributed by atoms with Gasteiger partial charge in [-0.15, -0.1) is 0 Å². The molecule has 2 N–H and O–H groups in total. The van der Waals surface area contributed by atoms with Gasteiger partial charge in [-0.2, -0.15) is 0 Å². The summed E-state index contributed by atoms with van der Waals surface area (Å²) in [6, 6.07) is 14.5. The van der Waals surface area contributed by atoms with Crippen LogP contribution in [0.4, 0.5) is 5.69 Å². The number of nitrogens with one attached hydrogen (secondary N) is 1. The number of carboxylic acid groups (broad SMARTS) is 1. The number of carbonyl (C=O) groups is 2. The molecule has 1 fully saturated rings. The molecule has 28 heavy (non-hydrogen) atoms. The first kappa shape index (κ1) is 19.6. The Morgan fingerprint density at radius 3 is 2.39 bits per heavy atom. The van der Waals surface area contributed by atoms with E-state index < -0.39 is 12.6 Å². The first-order chi connectivity index (χ1) is 13.3. The smallest absolute Gasteiger partial charge is 0.341 e. The van der Waals surface area contributed by atoms with E-state index in [0.717, 1.165) is 5.56 Å². The summed E-state index contributed by atoms with van der Waals surface area (Å²) < 4.78 is 5.10. The van der Waals surface area contributed by atoms with E-state index in [-0.39, 0.29) is 5.91 Å². The maximum absolute atomic E-state index is 12.8. The van der Waals surface area contributed by atoms with Crippen molar-refractivity contribution in [3.05, 3.63) is 65.4 Å². The number of anilines is 1. The Morgan fingerprint density at radius 1 is 1.18 bits per heavy atom. The Hall–Kier alpha value is -3.19. The van der Waals surface area contributed by atoms with Gasteiger partial charge in [0.05, 0.1) is 5.69 Å². The van der Waals surface area contributed by atoms with Gasteiger partial charge < -0.3 is 15.2 Å². The fraction of sp³-hybridized carbons (Fsp3) is 0.190. The molecule has 7 heteroatoms. The van der Waals surface area contributed by atoms with Gasteiger partial charge in [-0.05, 0) is 59.6 Å². The second-order valence-electron chi connectivity index (χ2n) is 6.63. The minimum Gasteiger partial charge on any atom is -0.482 e. The average Bonchev–Trinajstić information content (AvgIpc) is 2.94. The lowest BCUT2D eigenvalue weighted by atomic mass is 10.0. The third-order valence-electron chi connectivity index (χ3n) is 4.25. The van der Waals surface area contributed by atoms with Crippen molar-refractivity contribution in [1.82, 2.24) is 5.32 Å². The lowest BCUT2D eigenvalue weighted by molar-refractivity contribution is -0.139. The van der Waals surface area contributed by atoms with Gasteiger partial charge >= 0.3 is 5.97 Å². The van der Waals surface area contributed by atoms with Gasteiger partial charge in [0.2, 0.25) is 0 Å². The topological polar surface area (TPSA) is 78.9 Å². The van der Waals surface area contributed by atoms with Crippen LogP contribution in [0.5, 0.6) is 5.75 Å². The van der Waals surface area contributed by atoms with Crippen LogP contribution in [0.25, 0.3) is 6.08 Å². The lowest BCUT2D eigenvalue weighted by Crippen LogP contribution is -2.30. The number of amides is 1. The maximum Gasteiger partial charge on any atom is 0.341 e. The summed E-state index contributed by atoms with van der Waals surface area (Å²) in [7, 11) is 0. The van der Waals surface area contributed by atoms with E-state index >= 15 is 0 Å². The number of carboxylic acids is 1. The molecule has 2 aromatic carbocycles. The average molecular weight is 396 g/mol. The van der Waals surface area contributed by atoms with Crippen LogP contribution in [0.3, 0.4) is 0 Å². The van der Waals surface area contributed by atoms with E-state index in [1.807, 2.05) is 24.3 Å². The van der Waals surface area contributed by atoms with E-state index in [2.05, 4.69) is 19.2 Å². The van der Waals surface area contributed by atoms with Crippen molar-refractivity contribution in [3.63, 3.8) is 0 Å². The fourth-order valence-electron chi connectivity index (χ4n) is 2.75. The Bertz CT molecular complexity index is 934. The molecule has 1 aliphatic heterocycles. The van der Waals surface area contributed by atoms with Crippen LogP contribution >= 0.6 is 12.2 Å². The summed E-state index contributed by atoms with van der Waals surface area (Å²) in [5, 5.41) is 11.9. The third kappa shape index (κ3) is 4.37. The van der Waals surface area contributed by atoms with Gasteiger partial charge in [0.25, 0.3) is 5.91 Å². The van der Waals surface area contributed by atoms with E-state index in [1.165, 1.54) is 10.5 Å². The van der Waals surface area contributed by atoms with Gasteiger partial charge in [-0.1, -0.05) is 38.1 Å². The highest BCUT2D eigenvalue weighted by molar-refractivity contribution is 7.80. The molecule has 0 saturated carbocycles. The van der Waals surface area contributed by atoms with Gasteiger partial charge in [-0.25, -0.2) is 4.79 Å². The molecular formula is C21H20N2O4S. The minimum absolute atomic E-state index is 0.228. The number of benzene rings is 2. The van der Waals surface area contributed by atoms with Crippen molar-refractivity contribution in [1.29, 1.82) is 0 Å². The van der Waals surface area contributed by atoms with Crippen LogP contribution in [-0.2, 0) is 9.59 Å². The van der Waals surface area contributed by atoms with Crippen molar-refractivity contribution in [2.24, 2.45) is 0 Å². The Morgan fingerprint density at radius 2 is 1.82 bits per heavy atom. The largest absolute Gasteiger partial charge is 0.482 e. The van der Waals surface area contributed by atoms with E-state index in [4.69, 9.17) is 22.1 Å². The first-order valence-corrected chi connectivity index (χ1v) is 9.17. The maximum atomic E-state index is 12.8.